The van der Waals surface area contributed by atoms with E-state index in [0.717, 1.165) is 6.42 Å². The van der Waals surface area contributed by atoms with Gasteiger partial charge in [-0.25, -0.2) is 0 Å². The molecule has 1 aliphatic rings. The monoisotopic (exact) mass is 607 g/mol. The summed E-state index contributed by atoms with van der Waals surface area (Å²) < 4.78 is 0. The Bertz CT molecular complexity index is 1130. The number of carboxylic acids is 1. The third-order valence-electron chi connectivity index (χ3n) is 6.47. The molecule has 4 amide bonds. The van der Waals surface area contributed by atoms with Crippen LogP contribution in [0, 0.1) is 10.1 Å². The second-order valence-electron chi connectivity index (χ2n) is 9.99. The number of benzene rings is 1. The van der Waals surface area contributed by atoms with Gasteiger partial charge >= 0.3 is 5.97 Å². The highest BCUT2D eigenvalue weighted by atomic mass is 16.6. The minimum atomic E-state index is -1.12. The molecule has 1 aliphatic heterocycles. The van der Waals surface area contributed by atoms with Crippen molar-refractivity contribution >= 4 is 47.3 Å². The summed E-state index contributed by atoms with van der Waals surface area (Å²) in [6, 6.07) is 2.43. The molecule has 0 radical (unpaired) electrons. The molecule has 1 fully saturated rings. The fourth-order valence-corrected chi connectivity index (χ4v) is 4.11. The van der Waals surface area contributed by atoms with Crippen molar-refractivity contribution in [3.63, 3.8) is 0 Å². The number of carbonyl (C=O) groups is 6. The number of nitrogens with zero attached hydrogens (tertiary/aromatic N) is 2. The number of nitro benzene ring substituents is 1. The molecule has 238 valence electrons. The Kier molecular flexibility index (Phi) is 15.9. The normalized spacial score (nSPS) is 16.0. The van der Waals surface area contributed by atoms with Gasteiger partial charge in [-0.15, -0.1) is 0 Å². The molecule has 1 saturated heterocycles. The quantitative estimate of drug-likeness (QED) is 0.0502. The van der Waals surface area contributed by atoms with Crippen LogP contribution in [0.4, 0.5) is 11.4 Å². The molecule has 43 heavy (non-hydrogen) atoms. The first-order chi connectivity index (χ1) is 20.3. The van der Waals surface area contributed by atoms with Gasteiger partial charge in [-0.3, -0.25) is 34.1 Å². The van der Waals surface area contributed by atoms with Gasteiger partial charge in [0.25, 0.3) is 5.69 Å². The molecule has 0 spiro atoms. The molecular weight excluding hydrogens is 566 g/mol. The van der Waals surface area contributed by atoms with E-state index in [9.17, 15) is 38.9 Å². The maximum atomic E-state index is 12.9. The minimum absolute atomic E-state index is 0.0641. The zero-order valence-corrected chi connectivity index (χ0v) is 24.3. The SMILES string of the molecule is C[C@H](NC(=O)CCC(=O)O)C(=O)N[C@@H](C)C(=O)N1CCC[C@H]1C(=O)N[C@H](C=O)CCCCN.Nc1ccc([N+](=O)[O-])cc1. The second-order valence-corrected chi connectivity index (χ2v) is 9.99. The molecule has 0 bridgehead atoms. The highest BCUT2D eigenvalue weighted by Crippen LogP contribution is 2.19. The van der Waals surface area contributed by atoms with Crippen molar-refractivity contribution in [2.45, 2.75) is 83.0 Å². The molecule has 0 saturated carbocycles. The molecule has 16 nitrogen and oxygen atoms in total. The maximum Gasteiger partial charge on any atom is 0.303 e. The zero-order valence-electron chi connectivity index (χ0n) is 24.3. The third kappa shape index (κ3) is 13.3. The van der Waals surface area contributed by atoms with Crippen molar-refractivity contribution in [2.75, 3.05) is 18.8 Å². The van der Waals surface area contributed by atoms with Crippen molar-refractivity contribution in [1.29, 1.82) is 0 Å². The number of hydrogen-bond acceptors (Lipinski definition) is 10. The van der Waals surface area contributed by atoms with E-state index in [1.54, 1.807) is 0 Å². The molecule has 8 N–H and O–H groups in total. The number of anilines is 1. The van der Waals surface area contributed by atoms with Crippen LogP contribution in [-0.4, -0.2) is 88.1 Å². The van der Waals surface area contributed by atoms with Crippen LogP contribution in [0.15, 0.2) is 24.3 Å². The number of carbonyl (C=O) groups excluding carboxylic acids is 5. The van der Waals surface area contributed by atoms with Crippen LogP contribution < -0.4 is 27.4 Å². The largest absolute Gasteiger partial charge is 0.481 e. The van der Waals surface area contributed by atoms with Crippen molar-refractivity contribution in [1.82, 2.24) is 20.9 Å². The summed E-state index contributed by atoms with van der Waals surface area (Å²) in [5, 5.41) is 26.3. The molecule has 1 aromatic carbocycles. The van der Waals surface area contributed by atoms with E-state index in [2.05, 4.69) is 16.0 Å². The van der Waals surface area contributed by atoms with Crippen LogP contribution in [0.5, 0.6) is 0 Å². The number of likely N-dealkylation sites (tertiary alicyclic amines) is 1. The number of aliphatic carboxylic acids is 1. The summed E-state index contributed by atoms with van der Waals surface area (Å²) in [4.78, 5) is 82.4. The summed E-state index contributed by atoms with van der Waals surface area (Å²) in [5.74, 6) is -3.19. The number of hydrogen-bond donors (Lipinski definition) is 6. The summed E-state index contributed by atoms with van der Waals surface area (Å²) in [5.41, 5.74) is 11.3. The van der Waals surface area contributed by atoms with Gasteiger partial charge in [-0.1, -0.05) is 0 Å². The van der Waals surface area contributed by atoms with E-state index in [-0.39, 0.29) is 18.5 Å². The zero-order chi connectivity index (χ0) is 32.5. The van der Waals surface area contributed by atoms with Crippen molar-refractivity contribution in [3.8, 4) is 0 Å². The van der Waals surface area contributed by atoms with Gasteiger partial charge in [0.2, 0.25) is 23.6 Å². The highest BCUT2D eigenvalue weighted by molar-refractivity contribution is 5.94. The molecule has 2 rings (SSSR count). The first-order valence-electron chi connectivity index (χ1n) is 13.9. The Hall–Kier alpha value is -4.60. The lowest BCUT2D eigenvalue weighted by atomic mass is 10.1. The molecule has 0 aromatic heterocycles. The number of nitro groups is 1. The number of aldehydes is 1. The highest BCUT2D eigenvalue weighted by Gasteiger charge is 2.37. The van der Waals surface area contributed by atoms with Gasteiger partial charge < -0.3 is 42.2 Å². The summed E-state index contributed by atoms with van der Waals surface area (Å²) in [6.45, 7) is 3.74. The lowest BCUT2D eigenvalue weighted by Crippen LogP contribution is -2.55. The number of nitrogens with one attached hydrogen (secondary N) is 3. The van der Waals surface area contributed by atoms with Crippen molar-refractivity contribution in [2.24, 2.45) is 5.73 Å². The average Bonchev–Trinajstić information content (AvgIpc) is 3.46. The number of carboxylic acid groups (broad SMARTS) is 1. The molecule has 16 heteroatoms. The molecule has 4 atom stereocenters. The number of unbranched alkanes of at least 4 members (excludes halogenated alkanes) is 1. The fourth-order valence-electron chi connectivity index (χ4n) is 4.11. The Balaban J connectivity index is 0.000000775. The molecule has 0 aliphatic carbocycles. The lowest BCUT2D eigenvalue weighted by molar-refractivity contribution is -0.384. The summed E-state index contributed by atoms with van der Waals surface area (Å²) >= 11 is 0. The van der Waals surface area contributed by atoms with E-state index < -0.39 is 58.7 Å². The van der Waals surface area contributed by atoms with Gasteiger partial charge in [0, 0.05) is 30.8 Å². The van der Waals surface area contributed by atoms with Crippen LogP contribution in [0.1, 0.15) is 58.8 Å². The average molecular weight is 608 g/mol. The van der Waals surface area contributed by atoms with Gasteiger partial charge in [-0.05, 0) is 64.6 Å². The Morgan fingerprint density at radius 2 is 1.72 bits per heavy atom. The second kappa shape index (κ2) is 18.8. The Labute approximate surface area is 249 Å². The minimum Gasteiger partial charge on any atom is -0.481 e. The Morgan fingerprint density at radius 1 is 1.07 bits per heavy atom. The van der Waals surface area contributed by atoms with Crippen molar-refractivity contribution < 1.29 is 38.8 Å². The van der Waals surface area contributed by atoms with Crippen LogP contribution in [-0.2, 0) is 28.8 Å². The van der Waals surface area contributed by atoms with Crippen LogP contribution in [0.25, 0.3) is 0 Å². The summed E-state index contributed by atoms with van der Waals surface area (Å²) in [7, 11) is 0. The molecular formula is C27H41N7O9. The smallest absolute Gasteiger partial charge is 0.303 e. The standard InChI is InChI=1S/C21H35N5O7.C6H6N2O2/c1-13(23-17(28)8-9-18(29)30)19(31)24-14(2)21(33)26-11-5-7-16(26)20(32)25-15(12-27)6-3-4-10-22;7-5-1-3-6(4-2-5)8(9)10/h12-16H,3-11,22H2,1-2H3,(H,23,28)(H,24,31)(H,25,32)(H,29,30);1-4H,7H2/t13-,14-,15-,16-;/m0./s1. The van der Waals surface area contributed by atoms with Gasteiger partial charge in [0.1, 0.15) is 24.4 Å². The Morgan fingerprint density at radius 3 is 2.28 bits per heavy atom. The third-order valence-corrected chi connectivity index (χ3v) is 6.47. The van der Waals surface area contributed by atoms with E-state index in [4.69, 9.17) is 16.6 Å². The topological polar surface area (TPSA) is 257 Å². The molecule has 1 aromatic rings. The number of nitrogen functional groups attached to an aromatic ring is 1. The maximum absolute atomic E-state index is 12.9. The van der Waals surface area contributed by atoms with Crippen LogP contribution in [0.3, 0.4) is 0 Å². The van der Waals surface area contributed by atoms with Gasteiger partial charge in [0.15, 0.2) is 0 Å². The summed E-state index contributed by atoms with van der Waals surface area (Å²) in [6.07, 6.45) is 3.01. The first kappa shape index (κ1) is 36.4. The van der Waals surface area contributed by atoms with Gasteiger partial charge in [0.05, 0.1) is 17.4 Å². The number of amides is 4. The van der Waals surface area contributed by atoms with Gasteiger partial charge in [-0.2, -0.15) is 0 Å². The number of rotatable bonds is 15. The predicted octanol–water partition coefficient (Wildman–Crippen LogP) is -0.159. The van der Waals surface area contributed by atoms with Crippen molar-refractivity contribution in [3.05, 3.63) is 34.4 Å². The van der Waals surface area contributed by atoms with E-state index in [0.29, 0.717) is 50.7 Å². The molecule has 1 heterocycles. The molecule has 0 unspecified atom stereocenters. The number of non-ortho nitro benzene ring substituents is 1. The van der Waals surface area contributed by atoms with Crippen LogP contribution >= 0.6 is 0 Å². The number of nitrogens with two attached hydrogens (primary N) is 2. The fraction of sp³-hybridized carbons (Fsp3) is 0.556. The van der Waals surface area contributed by atoms with E-state index in [1.165, 1.54) is 43.0 Å². The van der Waals surface area contributed by atoms with E-state index >= 15 is 0 Å². The predicted molar refractivity (Wildman–Crippen MR) is 155 cm³/mol. The first-order valence-corrected chi connectivity index (χ1v) is 13.9. The van der Waals surface area contributed by atoms with E-state index in [1.807, 2.05) is 0 Å². The lowest BCUT2D eigenvalue weighted by Gasteiger charge is -2.28. The van der Waals surface area contributed by atoms with Crippen LogP contribution in [0.2, 0.25) is 0 Å².